The molecule has 37 heavy (non-hydrogen) atoms. The number of ketones is 1. The highest BCUT2D eigenvalue weighted by atomic mass is 16.6. The minimum absolute atomic E-state index is 0.00931. The lowest BCUT2D eigenvalue weighted by Crippen LogP contribution is -2.80. The monoisotopic (exact) mass is 522 g/mol. The van der Waals surface area contributed by atoms with Crippen molar-refractivity contribution in [2.24, 2.45) is 34.5 Å². The molecule has 4 fully saturated rings. The molecule has 204 valence electrons. The molecule has 2 saturated heterocycles. The number of allylic oxidation sites excluding steroid dienone is 1. The van der Waals surface area contributed by atoms with Crippen LogP contribution >= 0.6 is 0 Å². The number of carbonyl (C=O) groups is 4. The Bertz CT molecular complexity index is 1080. The number of hydrogen-bond acceptors (Lipinski definition) is 11. The molecule has 3 N–H and O–H groups in total. The van der Waals surface area contributed by atoms with E-state index in [1.165, 1.54) is 6.08 Å². The van der Waals surface area contributed by atoms with E-state index in [9.17, 15) is 34.5 Å². The van der Waals surface area contributed by atoms with Crippen molar-refractivity contribution in [2.75, 3.05) is 13.7 Å². The summed E-state index contributed by atoms with van der Waals surface area (Å²) in [4.78, 5) is 52.3. The maximum absolute atomic E-state index is 13.4. The van der Waals surface area contributed by atoms with Crippen LogP contribution in [-0.2, 0) is 38.1 Å². The van der Waals surface area contributed by atoms with Crippen LogP contribution in [0.1, 0.15) is 40.5 Å². The van der Waals surface area contributed by atoms with Gasteiger partial charge in [-0.25, -0.2) is 9.59 Å². The van der Waals surface area contributed by atoms with Gasteiger partial charge in [0, 0.05) is 23.2 Å². The molecule has 1 spiro atoms. The average molecular weight is 523 g/mol. The topological polar surface area (TPSA) is 166 Å². The van der Waals surface area contributed by atoms with E-state index >= 15 is 0 Å². The molecule has 2 unspecified atom stereocenters. The Morgan fingerprint density at radius 3 is 2.49 bits per heavy atom. The Balaban J connectivity index is 1.73. The number of aliphatic hydroxyl groups excluding tert-OH is 3. The second-order valence-corrected chi connectivity index (χ2v) is 11.9. The highest BCUT2D eigenvalue weighted by molar-refractivity contribution is 5.96. The summed E-state index contributed by atoms with van der Waals surface area (Å²) in [7, 11) is 1.09. The fourth-order valence-corrected chi connectivity index (χ4v) is 8.34. The minimum atomic E-state index is -2.23. The van der Waals surface area contributed by atoms with Crippen molar-refractivity contribution < 1.29 is 53.4 Å². The summed E-state index contributed by atoms with van der Waals surface area (Å²) >= 11 is 0. The first kappa shape index (κ1) is 26.3. The van der Waals surface area contributed by atoms with Crippen molar-refractivity contribution >= 4 is 23.7 Å². The molecular weight excluding hydrogens is 488 g/mol. The molecule has 2 saturated carbocycles. The third-order valence-electron chi connectivity index (χ3n) is 9.67. The van der Waals surface area contributed by atoms with Gasteiger partial charge in [-0.3, -0.25) is 9.59 Å². The zero-order valence-corrected chi connectivity index (χ0v) is 21.5. The van der Waals surface area contributed by atoms with Gasteiger partial charge in [-0.15, -0.1) is 0 Å². The number of esters is 3. The molecule has 2 aliphatic heterocycles. The average Bonchev–Trinajstić information content (AvgIpc) is 3.13. The number of methoxy groups -OCH3 is 1. The summed E-state index contributed by atoms with van der Waals surface area (Å²) in [5.41, 5.74) is -4.26. The second kappa shape index (κ2) is 8.33. The number of carbonyl (C=O) groups excluding carboxylic acids is 4. The number of hydrogen-bond donors (Lipinski definition) is 3. The third-order valence-corrected chi connectivity index (χ3v) is 9.67. The van der Waals surface area contributed by atoms with Crippen LogP contribution in [0.4, 0.5) is 0 Å². The Hall–Kier alpha value is -2.34. The molecule has 0 radical (unpaired) electrons. The molecule has 2 heterocycles. The Kier molecular flexibility index (Phi) is 5.91. The lowest BCUT2D eigenvalue weighted by atomic mass is 9.38. The first-order valence-electron chi connectivity index (χ1n) is 12.7. The molecule has 2 bridgehead atoms. The van der Waals surface area contributed by atoms with Crippen molar-refractivity contribution in [1.82, 2.24) is 0 Å². The van der Waals surface area contributed by atoms with Crippen LogP contribution in [0.3, 0.4) is 0 Å². The van der Waals surface area contributed by atoms with E-state index in [0.717, 1.165) is 7.11 Å². The zero-order chi connectivity index (χ0) is 27.2. The molecule has 0 aromatic rings. The molecule has 0 amide bonds. The Labute approximate surface area is 214 Å². The van der Waals surface area contributed by atoms with Gasteiger partial charge in [-0.2, -0.15) is 0 Å². The van der Waals surface area contributed by atoms with Gasteiger partial charge in [0.2, 0.25) is 11.7 Å². The van der Waals surface area contributed by atoms with Gasteiger partial charge < -0.3 is 34.3 Å². The van der Waals surface area contributed by atoms with E-state index in [4.69, 9.17) is 18.9 Å². The fourth-order valence-electron chi connectivity index (χ4n) is 8.34. The van der Waals surface area contributed by atoms with Gasteiger partial charge in [0.1, 0.15) is 18.3 Å². The van der Waals surface area contributed by atoms with Gasteiger partial charge in [0.15, 0.2) is 5.78 Å². The highest BCUT2D eigenvalue weighted by Crippen LogP contribution is 2.72. The largest absolute Gasteiger partial charge is 0.467 e. The molecule has 0 aromatic carbocycles. The van der Waals surface area contributed by atoms with E-state index in [1.807, 2.05) is 0 Å². The third kappa shape index (κ3) is 3.08. The van der Waals surface area contributed by atoms with Gasteiger partial charge >= 0.3 is 17.9 Å². The summed E-state index contributed by atoms with van der Waals surface area (Å²) in [6.07, 6.45) is -6.13. The van der Waals surface area contributed by atoms with Gasteiger partial charge in [-0.05, 0) is 31.3 Å². The smallest absolute Gasteiger partial charge is 0.348 e. The number of ether oxygens (including phenoxy) is 4. The van der Waals surface area contributed by atoms with Crippen molar-refractivity contribution in [1.29, 1.82) is 0 Å². The van der Waals surface area contributed by atoms with E-state index in [2.05, 4.69) is 0 Å². The maximum atomic E-state index is 13.4. The zero-order valence-electron chi connectivity index (χ0n) is 21.5. The standard InChI is InChI=1S/C26H34O11/c1-10(2)6-15(28)37-17-19-25-9-35-26(19,23(33)34-5)21(31)16(29)18(25)24(4)12(8-14(25)36-22(17)32)11(3)7-13(27)20(24)30/h7,10,12,14,16-21,29-31H,6,8-9H2,1-5H3/t12-,14+,16?,17+,18?,19+,20+,21-,24-,25+,26+/m0/s1. The van der Waals surface area contributed by atoms with E-state index in [-0.39, 0.29) is 25.4 Å². The molecule has 11 nitrogen and oxygen atoms in total. The lowest BCUT2D eigenvalue weighted by molar-refractivity contribution is -0.298. The fraction of sp³-hybridized carbons (Fsp3) is 0.769. The molecule has 5 aliphatic rings. The highest BCUT2D eigenvalue weighted by Gasteiger charge is 2.85. The van der Waals surface area contributed by atoms with Crippen LogP contribution in [0.25, 0.3) is 0 Å². The molecule has 3 aliphatic carbocycles. The Morgan fingerprint density at radius 2 is 1.86 bits per heavy atom. The number of rotatable bonds is 4. The van der Waals surface area contributed by atoms with Crippen LogP contribution in [0.15, 0.2) is 11.6 Å². The summed E-state index contributed by atoms with van der Waals surface area (Å²) < 4.78 is 22.5. The van der Waals surface area contributed by atoms with Gasteiger partial charge in [0.25, 0.3) is 0 Å². The predicted molar refractivity (Wildman–Crippen MR) is 122 cm³/mol. The molecule has 11 heteroatoms. The number of fused-ring (bicyclic) bond motifs is 2. The van der Waals surface area contributed by atoms with Crippen molar-refractivity contribution in [3.05, 3.63) is 11.6 Å². The molecule has 11 atom stereocenters. The van der Waals surface area contributed by atoms with Crippen molar-refractivity contribution in [2.45, 2.75) is 76.7 Å². The van der Waals surface area contributed by atoms with Gasteiger partial charge in [-0.1, -0.05) is 26.3 Å². The SMILES string of the molecule is COC(=O)[C@]12OC[C@]34C(C(O)[C@@H]1O)[C@@]1(C)[C@H](O)C(=O)C=C(C)[C@@H]1C[C@H]3OC(=O)[C@H](OC(=O)CC(C)C)[C@@H]24. The van der Waals surface area contributed by atoms with Crippen LogP contribution in [-0.4, -0.2) is 88.8 Å². The summed E-state index contributed by atoms with van der Waals surface area (Å²) in [6.45, 7) is 6.74. The maximum Gasteiger partial charge on any atom is 0.348 e. The molecular formula is C26H34O11. The van der Waals surface area contributed by atoms with Crippen LogP contribution in [0.2, 0.25) is 0 Å². The van der Waals surface area contributed by atoms with Gasteiger partial charge in [0.05, 0.1) is 25.7 Å². The summed E-state index contributed by atoms with van der Waals surface area (Å²) in [5, 5.41) is 34.4. The number of aliphatic hydroxyl groups is 3. The molecule has 5 rings (SSSR count). The van der Waals surface area contributed by atoms with E-state index < -0.39 is 88.4 Å². The van der Waals surface area contributed by atoms with E-state index in [0.29, 0.717) is 5.57 Å². The summed E-state index contributed by atoms with van der Waals surface area (Å²) in [5.74, 6) is -6.07. The van der Waals surface area contributed by atoms with E-state index in [1.54, 1.807) is 27.7 Å². The van der Waals surface area contributed by atoms with Crippen LogP contribution in [0.5, 0.6) is 0 Å². The van der Waals surface area contributed by atoms with Crippen molar-refractivity contribution in [3.63, 3.8) is 0 Å². The quantitative estimate of drug-likeness (QED) is 0.327. The summed E-state index contributed by atoms with van der Waals surface area (Å²) in [6, 6.07) is 0. The molecule has 0 aromatic heterocycles. The lowest BCUT2D eigenvalue weighted by Gasteiger charge is -2.67. The van der Waals surface area contributed by atoms with Crippen LogP contribution < -0.4 is 0 Å². The Morgan fingerprint density at radius 1 is 1.19 bits per heavy atom. The van der Waals surface area contributed by atoms with Crippen LogP contribution in [0, 0.1) is 34.5 Å². The van der Waals surface area contributed by atoms with Crippen molar-refractivity contribution in [3.8, 4) is 0 Å². The first-order chi connectivity index (χ1) is 17.3. The normalized spacial score (nSPS) is 48.0. The first-order valence-corrected chi connectivity index (χ1v) is 12.7. The second-order valence-electron chi connectivity index (χ2n) is 11.9. The minimum Gasteiger partial charge on any atom is -0.467 e. The predicted octanol–water partition coefficient (Wildman–Crippen LogP) is -0.318.